The van der Waals surface area contributed by atoms with E-state index in [0.29, 0.717) is 28.5 Å². The fraction of sp³-hybridized carbons (Fsp3) is 0.286. The molecule has 0 bridgehead atoms. The number of benzene rings is 2. The van der Waals surface area contributed by atoms with Crippen molar-refractivity contribution in [2.24, 2.45) is 7.05 Å². The number of ether oxygens (including phenoxy) is 4. The Kier molecular flexibility index (Phi) is 7.03. The number of nitrogens with zero attached hydrogens (tertiary/aromatic N) is 2. The fourth-order valence-corrected chi connectivity index (χ4v) is 3.75. The van der Waals surface area contributed by atoms with Gasteiger partial charge in [0, 0.05) is 24.6 Å². The zero-order valence-electron chi connectivity index (χ0n) is 16.8. The monoisotopic (exact) mass is 416 g/mol. The smallest absolute Gasteiger partial charge is 0.203 e. The molecule has 1 unspecified atom stereocenters. The fourth-order valence-electron chi connectivity index (χ4n) is 2.90. The summed E-state index contributed by atoms with van der Waals surface area (Å²) in [6.45, 7) is 0.00371. The van der Waals surface area contributed by atoms with Gasteiger partial charge in [-0.1, -0.05) is 30.0 Å². The maximum absolute atomic E-state index is 11.1. The van der Waals surface area contributed by atoms with Crippen molar-refractivity contribution in [3.63, 3.8) is 0 Å². The van der Waals surface area contributed by atoms with E-state index < -0.39 is 6.10 Å². The molecule has 0 aliphatic heterocycles. The molecule has 7 nitrogen and oxygen atoms in total. The standard InChI is InChI=1S/C21H24N2O5S/c1-23-16(12-22-21(23)29-14-8-6-5-7-9-14)18(24)15-10-11-17(26-3)20(27-4)19(15)28-13-25-2/h5-12,18,24H,13H2,1-4H3. The average Bonchev–Trinajstić information content (AvgIpc) is 3.11. The first kappa shape index (κ1) is 21.0. The molecule has 0 fully saturated rings. The zero-order chi connectivity index (χ0) is 20.8. The summed E-state index contributed by atoms with van der Waals surface area (Å²) >= 11 is 1.52. The molecule has 1 aromatic heterocycles. The topological polar surface area (TPSA) is 75.0 Å². The summed E-state index contributed by atoms with van der Waals surface area (Å²) in [4.78, 5) is 5.54. The van der Waals surface area contributed by atoms with E-state index in [4.69, 9.17) is 18.9 Å². The number of imidazole rings is 1. The first-order valence-electron chi connectivity index (χ1n) is 8.89. The highest BCUT2D eigenvalue weighted by atomic mass is 32.2. The molecule has 1 heterocycles. The Morgan fingerprint density at radius 2 is 1.79 bits per heavy atom. The SMILES string of the molecule is COCOc1c(C(O)c2cnc(Sc3ccccc3)n2C)ccc(OC)c1OC. The second-order valence-corrected chi connectivity index (χ2v) is 7.15. The normalized spacial score (nSPS) is 11.9. The molecule has 2 aromatic carbocycles. The molecule has 0 radical (unpaired) electrons. The van der Waals surface area contributed by atoms with E-state index in [1.165, 1.54) is 26.0 Å². The van der Waals surface area contributed by atoms with Gasteiger partial charge in [-0.3, -0.25) is 0 Å². The van der Waals surface area contributed by atoms with Gasteiger partial charge >= 0.3 is 0 Å². The molecule has 0 spiro atoms. The third-order valence-corrected chi connectivity index (χ3v) is 5.43. The Morgan fingerprint density at radius 3 is 2.45 bits per heavy atom. The van der Waals surface area contributed by atoms with Crippen LogP contribution < -0.4 is 14.2 Å². The van der Waals surface area contributed by atoms with Gasteiger partial charge in [-0.05, 0) is 24.3 Å². The minimum absolute atomic E-state index is 0.00371. The second kappa shape index (κ2) is 9.69. The Balaban J connectivity index is 1.97. The lowest BCUT2D eigenvalue weighted by Gasteiger charge is -2.20. The predicted molar refractivity (Wildman–Crippen MR) is 110 cm³/mol. The second-order valence-electron chi connectivity index (χ2n) is 6.11. The van der Waals surface area contributed by atoms with Crippen LogP contribution in [0.25, 0.3) is 0 Å². The van der Waals surface area contributed by atoms with Gasteiger partial charge in [0.25, 0.3) is 0 Å². The van der Waals surface area contributed by atoms with Crippen LogP contribution in [0.15, 0.2) is 58.7 Å². The third-order valence-electron chi connectivity index (χ3n) is 4.36. The average molecular weight is 416 g/mol. The lowest BCUT2D eigenvalue weighted by molar-refractivity contribution is 0.0463. The Bertz CT molecular complexity index is 946. The number of aliphatic hydroxyl groups excluding tert-OH is 1. The maximum atomic E-state index is 11.1. The largest absolute Gasteiger partial charge is 0.493 e. The van der Waals surface area contributed by atoms with Gasteiger partial charge in [-0.25, -0.2) is 4.98 Å². The van der Waals surface area contributed by atoms with Crippen LogP contribution >= 0.6 is 11.8 Å². The van der Waals surface area contributed by atoms with E-state index in [1.807, 2.05) is 41.9 Å². The van der Waals surface area contributed by atoms with E-state index in [0.717, 1.165) is 10.1 Å². The molecule has 0 saturated heterocycles. The van der Waals surface area contributed by atoms with E-state index in [9.17, 15) is 5.11 Å². The quantitative estimate of drug-likeness (QED) is 0.534. The highest BCUT2D eigenvalue weighted by Gasteiger charge is 2.25. The van der Waals surface area contributed by atoms with Crippen molar-refractivity contribution in [1.82, 2.24) is 9.55 Å². The van der Waals surface area contributed by atoms with E-state index in [-0.39, 0.29) is 6.79 Å². The van der Waals surface area contributed by atoms with Crippen molar-refractivity contribution >= 4 is 11.8 Å². The minimum Gasteiger partial charge on any atom is -0.493 e. The van der Waals surface area contributed by atoms with E-state index in [1.54, 1.807) is 25.4 Å². The predicted octanol–water partition coefficient (Wildman–Crippen LogP) is 3.65. The third kappa shape index (κ3) is 4.50. The lowest BCUT2D eigenvalue weighted by atomic mass is 10.0. The molecule has 154 valence electrons. The van der Waals surface area contributed by atoms with Gasteiger partial charge in [-0.15, -0.1) is 0 Å². The van der Waals surface area contributed by atoms with Crippen molar-refractivity contribution in [1.29, 1.82) is 0 Å². The molecule has 0 aliphatic carbocycles. The van der Waals surface area contributed by atoms with Crippen LogP contribution in [0.5, 0.6) is 17.2 Å². The highest BCUT2D eigenvalue weighted by Crippen LogP contribution is 2.44. The molecule has 1 N–H and O–H groups in total. The molecule has 29 heavy (non-hydrogen) atoms. The Morgan fingerprint density at radius 1 is 1.03 bits per heavy atom. The molecular formula is C21H24N2O5S. The van der Waals surface area contributed by atoms with Crippen LogP contribution in [0, 0.1) is 0 Å². The van der Waals surface area contributed by atoms with Crippen LogP contribution in [0.3, 0.4) is 0 Å². The summed E-state index contributed by atoms with van der Waals surface area (Å²) in [5.41, 5.74) is 1.15. The molecule has 1 atom stereocenters. The zero-order valence-corrected chi connectivity index (χ0v) is 17.6. The van der Waals surface area contributed by atoms with E-state index >= 15 is 0 Å². The first-order valence-corrected chi connectivity index (χ1v) is 9.71. The maximum Gasteiger partial charge on any atom is 0.203 e. The van der Waals surface area contributed by atoms with Gasteiger partial charge in [-0.2, -0.15) is 0 Å². The summed E-state index contributed by atoms with van der Waals surface area (Å²) in [5.74, 6) is 1.25. The lowest BCUT2D eigenvalue weighted by Crippen LogP contribution is -2.11. The van der Waals surface area contributed by atoms with Crippen LogP contribution in [-0.2, 0) is 11.8 Å². The van der Waals surface area contributed by atoms with Gasteiger partial charge < -0.3 is 28.6 Å². The van der Waals surface area contributed by atoms with Gasteiger partial charge in [0.1, 0.15) is 6.10 Å². The summed E-state index contributed by atoms with van der Waals surface area (Å²) in [6.07, 6.45) is 0.677. The number of rotatable bonds is 9. The molecule has 3 aromatic rings. The molecule has 0 aliphatic rings. The van der Waals surface area contributed by atoms with Crippen LogP contribution in [0.1, 0.15) is 17.4 Å². The van der Waals surface area contributed by atoms with Crippen molar-refractivity contribution in [2.75, 3.05) is 28.1 Å². The number of aliphatic hydroxyl groups is 1. The van der Waals surface area contributed by atoms with Gasteiger partial charge in [0.05, 0.1) is 26.1 Å². The van der Waals surface area contributed by atoms with Crippen molar-refractivity contribution in [2.45, 2.75) is 16.2 Å². The number of aromatic nitrogens is 2. The molecule has 3 rings (SSSR count). The Labute approximate surface area is 174 Å². The van der Waals surface area contributed by atoms with Gasteiger partial charge in [0.2, 0.25) is 5.75 Å². The summed E-state index contributed by atoms with van der Waals surface area (Å²) in [5, 5.41) is 11.9. The summed E-state index contributed by atoms with van der Waals surface area (Å²) < 4.78 is 23.4. The molecule has 8 heteroatoms. The van der Waals surface area contributed by atoms with Crippen molar-refractivity contribution in [3.8, 4) is 17.2 Å². The number of hydrogen-bond acceptors (Lipinski definition) is 7. The van der Waals surface area contributed by atoms with Crippen molar-refractivity contribution in [3.05, 3.63) is 59.9 Å². The highest BCUT2D eigenvalue weighted by molar-refractivity contribution is 7.99. The minimum atomic E-state index is -0.982. The number of hydrogen-bond donors (Lipinski definition) is 1. The first-order chi connectivity index (χ1) is 14.1. The Hall–Kier alpha value is -2.68. The van der Waals surface area contributed by atoms with Crippen LogP contribution in [0.4, 0.5) is 0 Å². The van der Waals surface area contributed by atoms with E-state index in [2.05, 4.69) is 4.98 Å². The van der Waals surface area contributed by atoms with Crippen LogP contribution in [0.2, 0.25) is 0 Å². The van der Waals surface area contributed by atoms with Crippen LogP contribution in [-0.4, -0.2) is 42.8 Å². The molecule has 0 amide bonds. The van der Waals surface area contributed by atoms with Crippen molar-refractivity contribution < 1.29 is 24.1 Å². The molecular weight excluding hydrogens is 392 g/mol. The molecule has 0 saturated carbocycles. The summed E-state index contributed by atoms with van der Waals surface area (Å²) in [6, 6.07) is 13.4. The summed E-state index contributed by atoms with van der Waals surface area (Å²) in [7, 11) is 6.46. The van der Waals surface area contributed by atoms with Gasteiger partial charge in [0.15, 0.2) is 23.4 Å². The number of methoxy groups -OCH3 is 3.